The Morgan fingerprint density at radius 3 is 2.54 bits per heavy atom. The first-order valence-corrected chi connectivity index (χ1v) is 9.00. The van der Waals surface area contributed by atoms with E-state index in [1.807, 2.05) is 12.1 Å². The van der Waals surface area contributed by atoms with Crippen molar-refractivity contribution in [3.63, 3.8) is 0 Å². The zero-order valence-corrected chi connectivity index (χ0v) is 16.2. The molecule has 3 aromatic rings. The average molecular weight is 381 g/mol. The van der Waals surface area contributed by atoms with Gasteiger partial charge in [0.15, 0.2) is 11.5 Å². The first kappa shape index (κ1) is 19.4. The van der Waals surface area contributed by atoms with Crippen molar-refractivity contribution in [2.24, 2.45) is 0 Å². The fourth-order valence-electron chi connectivity index (χ4n) is 3.07. The van der Waals surface area contributed by atoms with Gasteiger partial charge in [-0.15, -0.1) is 0 Å². The molecule has 0 saturated carbocycles. The number of rotatable bonds is 7. The molecule has 7 heteroatoms. The molecule has 2 aromatic heterocycles. The van der Waals surface area contributed by atoms with Crippen LogP contribution in [0.25, 0.3) is 10.9 Å². The highest BCUT2D eigenvalue weighted by Gasteiger charge is 2.16. The summed E-state index contributed by atoms with van der Waals surface area (Å²) in [6.07, 6.45) is 3.76. The van der Waals surface area contributed by atoms with Crippen LogP contribution in [0.1, 0.15) is 24.5 Å². The molecule has 0 fully saturated rings. The van der Waals surface area contributed by atoms with Crippen LogP contribution in [0, 0.1) is 0 Å². The van der Waals surface area contributed by atoms with Crippen LogP contribution in [0.4, 0.5) is 0 Å². The van der Waals surface area contributed by atoms with Crippen LogP contribution in [-0.4, -0.2) is 35.0 Å². The zero-order valence-electron chi connectivity index (χ0n) is 16.2. The predicted octanol–water partition coefficient (Wildman–Crippen LogP) is 2.88. The number of H-pyrrole nitrogens is 1. The molecule has 28 heavy (non-hydrogen) atoms. The predicted molar refractivity (Wildman–Crippen MR) is 106 cm³/mol. The fraction of sp³-hybridized carbons (Fsp3) is 0.286. The minimum Gasteiger partial charge on any atom is -0.493 e. The van der Waals surface area contributed by atoms with Crippen LogP contribution in [0.2, 0.25) is 0 Å². The van der Waals surface area contributed by atoms with Gasteiger partial charge in [0.1, 0.15) is 0 Å². The van der Waals surface area contributed by atoms with E-state index in [1.165, 1.54) is 0 Å². The number of fused-ring (bicyclic) bond motifs is 1. The number of aromatic nitrogens is 2. The molecule has 0 aliphatic heterocycles. The van der Waals surface area contributed by atoms with E-state index >= 15 is 0 Å². The Morgan fingerprint density at radius 1 is 1.14 bits per heavy atom. The van der Waals surface area contributed by atoms with Crippen LogP contribution >= 0.6 is 0 Å². The molecule has 1 N–H and O–H groups in total. The molecule has 0 bridgehead atoms. The zero-order chi connectivity index (χ0) is 20.1. The van der Waals surface area contributed by atoms with Crippen molar-refractivity contribution in [2.75, 3.05) is 14.2 Å². The summed E-state index contributed by atoms with van der Waals surface area (Å²) < 4.78 is 10.6. The second-order valence-electron chi connectivity index (χ2n) is 6.38. The van der Waals surface area contributed by atoms with Gasteiger partial charge in [-0.2, -0.15) is 0 Å². The second-order valence-corrected chi connectivity index (χ2v) is 6.38. The van der Waals surface area contributed by atoms with Gasteiger partial charge in [0.05, 0.1) is 26.3 Å². The maximum absolute atomic E-state index is 12.6. The molecule has 0 aliphatic carbocycles. The van der Waals surface area contributed by atoms with Gasteiger partial charge in [-0.1, -0.05) is 13.0 Å². The molecule has 2 heterocycles. The minimum atomic E-state index is -0.236. The van der Waals surface area contributed by atoms with Crippen molar-refractivity contribution in [1.29, 1.82) is 0 Å². The summed E-state index contributed by atoms with van der Waals surface area (Å²) in [4.78, 5) is 33.7. The number of methoxy groups -OCH3 is 2. The van der Waals surface area contributed by atoms with Crippen LogP contribution in [0.15, 0.2) is 47.5 Å². The first-order chi connectivity index (χ1) is 13.5. The lowest BCUT2D eigenvalue weighted by Gasteiger charge is -2.22. The van der Waals surface area contributed by atoms with E-state index in [0.717, 1.165) is 10.9 Å². The minimum absolute atomic E-state index is 0.0318. The van der Waals surface area contributed by atoms with Gasteiger partial charge in [-0.3, -0.25) is 14.6 Å². The van der Waals surface area contributed by atoms with Gasteiger partial charge < -0.3 is 19.4 Å². The van der Waals surface area contributed by atoms with Crippen molar-refractivity contribution < 1.29 is 14.3 Å². The van der Waals surface area contributed by atoms with E-state index in [4.69, 9.17) is 9.47 Å². The largest absolute Gasteiger partial charge is 0.493 e. The number of aromatic amines is 1. The maximum atomic E-state index is 12.6. The van der Waals surface area contributed by atoms with Crippen LogP contribution < -0.4 is 15.0 Å². The molecule has 0 atom stereocenters. The van der Waals surface area contributed by atoms with Gasteiger partial charge in [-0.05, 0) is 23.8 Å². The number of nitrogens with zero attached hydrogens (tertiary/aromatic N) is 2. The Hall–Kier alpha value is -3.35. The van der Waals surface area contributed by atoms with Gasteiger partial charge >= 0.3 is 0 Å². The van der Waals surface area contributed by atoms with E-state index in [0.29, 0.717) is 35.5 Å². The number of benzene rings is 1. The molecule has 1 amide bonds. The van der Waals surface area contributed by atoms with E-state index < -0.39 is 0 Å². The van der Waals surface area contributed by atoms with Crippen molar-refractivity contribution >= 4 is 16.8 Å². The Kier molecular flexibility index (Phi) is 5.93. The Labute approximate surface area is 162 Å². The molecule has 0 spiro atoms. The summed E-state index contributed by atoms with van der Waals surface area (Å²) >= 11 is 0. The quantitative estimate of drug-likeness (QED) is 0.680. The topological polar surface area (TPSA) is 84.5 Å². The van der Waals surface area contributed by atoms with E-state index in [1.54, 1.807) is 56.6 Å². The highest BCUT2D eigenvalue weighted by Crippen LogP contribution is 2.31. The smallest absolute Gasteiger partial charge is 0.253 e. The number of hydrogen-bond donors (Lipinski definition) is 1. The van der Waals surface area contributed by atoms with Gasteiger partial charge in [-0.25, -0.2) is 0 Å². The molecular formula is C21H23N3O4. The lowest BCUT2D eigenvalue weighted by molar-refractivity contribution is -0.132. The Bertz CT molecular complexity index is 1030. The fourth-order valence-corrected chi connectivity index (χ4v) is 3.07. The number of carbonyl (C=O) groups excluding carboxylic acids is 1. The highest BCUT2D eigenvalue weighted by molar-refractivity contribution is 5.83. The summed E-state index contributed by atoms with van der Waals surface area (Å²) in [5.41, 5.74) is 1.82. The summed E-state index contributed by atoms with van der Waals surface area (Å²) in [5, 5.41) is 0.803. The Morgan fingerprint density at radius 2 is 1.89 bits per heavy atom. The molecule has 0 aliphatic rings. The van der Waals surface area contributed by atoms with Crippen molar-refractivity contribution in [1.82, 2.24) is 14.9 Å². The SMILES string of the molecule is CCC(=O)N(Cc1cccnc1)Cc1cc2cc(OC)c(OC)cc2[nH]c1=O. The monoisotopic (exact) mass is 381 g/mol. The van der Waals surface area contributed by atoms with E-state index in [9.17, 15) is 9.59 Å². The number of amides is 1. The Balaban J connectivity index is 1.97. The number of carbonyl (C=O) groups is 1. The number of pyridine rings is 2. The maximum Gasteiger partial charge on any atom is 0.253 e. The number of hydrogen-bond acceptors (Lipinski definition) is 5. The van der Waals surface area contributed by atoms with E-state index in [-0.39, 0.29) is 18.0 Å². The summed E-state index contributed by atoms with van der Waals surface area (Å²) in [6, 6.07) is 9.05. The first-order valence-electron chi connectivity index (χ1n) is 9.00. The normalized spacial score (nSPS) is 10.7. The van der Waals surface area contributed by atoms with Gasteiger partial charge in [0, 0.05) is 42.4 Å². The van der Waals surface area contributed by atoms with E-state index in [2.05, 4.69) is 9.97 Å². The summed E-state index contributed by atoms with van der Waals surface area (Å²) in [7, 11) is 3.11. The lowest BCUT2D eigenvalue weighted by Crippen LogP contribution is -2.32. The third kappa shape index (κ3) is 4.14. The molecule has 1 aromatic carbocycles. The van der Waals surface area contributed by atoms with Crippen LogP contribution in [0.3, 0.4) is 0 Å². The van der Waals surface area contributed by atoms with Crippen LogP contribution in [-0.2, 0) is 17.9 Å². The average Bonchev–Trinajstić information content (AvgIpc) is 2.72. The van der Waals surface area contributed by atoms with Gasteiger partial charge in [0.2, 0.25) is 5.91 Å². The highest BCUT2D eigenvalue weighted by atomic mass is 16.5. The molecule has 0 unspecified atom stereocenters. The molecule has 7 nitrogen and oxygen atoms in total. The number of ether oxygens (including phenoxy) is 2. The van der Waals surface area contributed by atoms with Crippen molar-refractivity contribution in [3.8, 4) is 11.5 Å². The third-order valence-corrected chi connectivity index (χ3v) is 4.54. The molecular weight excluding hydrogens is 358 g/mol. The second kappa shape index (κ2) is 8.56. The number of nitrogens with one attached hydrogen (secondary N) is 1. The summed E-state index contributed by atoms with van der Waals surface area (Å²) in [5.74, 6) is 1.08. The molecule has 0 radical (unpaired) electrons. The molecule has 0 saturated heterocycles. The van der Waals surface area contributed by atoms with Crippen molar-refractivity contribution in [3.05, 3.63) is 64.2 Å². The summed E-state index contributed by atoms with van der Waals surface area (Å²) in [6.45, 7) is 2.41. The molecule has 3 rings (SSSR count). The lowest BCUT2D eigenvalue weighted by atomic mass is 10.1. The van der Waals surface area contributed by atoms with Gasteiger partial charge in [0.25, 0.3) is 5.56 Å². The standard InChI is InChI=1S/C21H23N3O4/c1-4-20(25)24(12-14-6-5-7-22-11-14)13-16-8-15-9-18(27-2)19(28-3)10-17(15)23-21(16)26/h5-11H,4,12-13H2,1-3H3,(H,23,26). The molecule has 146 valence electrons. The van der Waals surface area contributed by atoms with Crippen LogP contribution in [0.5, 0.6) is 11.5 Å². The van der Waals surface area contributed by atoms with Crippen molar-refractivity contribution in [2.45, 2.75) is 26.4 Å². The third-order valence-electron chi connectivity index (χ3n) is 4.54.